The van der Waals surface area contributed by atoms with Crippen LogP contribution in [0.3, 0.4) is 0 Å². The van der Waals surface area contributed by atoms with Crippen LogP contribution in [0, 0.1) is 0 Å². The normalized spacial score (nSPS) is 16.1. The van der Waals surface area contributed by atoms with Crippen molar-refractivity contribution in [2.75, 3.05) is 18.9 Å². The van der Waals surface area contributed by atoms with E-state index in [2.05, 4.69) is 9.97 Å². The smallest absolute Gasteiger partial charge is 0.413 e. The van der Waals surface area contributed by atoms with E-state index >= 15 is 0 Å². The molecule has 40 heavy (non-hydrogen) atoms. The van der Waals surface area contributed by atoms with E-state index in [0.717, 1.165) is 6.92 Å². The second-order valence-electron chi connectivity index (χ2n) is 9.14. The first kappa shape index (κ1) is 30.0. The van der Waals surface area contributed by atoms with E-state index in [1.807, 2.05) is 5.09 Å². The first-order valence-electron chi connectivity index (χ1n) is 12.1. The number of fused-ring (bicyclic) bond motifs is 3. The van der Waals surface area contributed by atoms with E-state index in [4.69, 9.17) is 31.1 Å². The first-order chi connectivity index (χ1) is 18.7. The number of nitrogens with two attached hydrogens (primary N) is 1. The van der Waals surface area contributed by atoms with Crippen molar-refractivity contribution in [1.29, 1.82) is 0 Å². The number of hydrogen-bond acceptors (Lipinski definition) is 8. The molecular weight excluding hydrogens is 574 g/mol. The maximum atomic E-state index is 13.6. The first-order valence-corrected chi connectivity index (χ1v) is 14.1. The van der Waals surface area contributed by atoms with Crippen LogP contribution >= 0.6 is 19.3 Å². The minimum atomic E-state index is -4.76. The summed E-state index contributed by atoms with van der Waals surface area (Å²) < 4.78 is 71.6. The predicted octanol–water partition coefficient (Wildman–Crippen LogP) is 5.77. The van der Waals surface area contributed by atoms with Crippen molar-refractivity contribution in [2.45, 2.75) is 45.3 Å². The SMILES string of the molecule is CCOCc1nc2c(N)nc3ccccc3c2n1C(C)(O)COP(=O)(N[C@@H](C)C(F)(F)F)Oc1ccc(Cl)cc1. The summed E-state index contributed by atoms with van der Waals surface area (Å²) >= 11 is 5.87. The zero-order valence-electron chi connectivity index (χ0n) is 21.8. The molecule has 10 nitrogen and oxygen atoms in total. The molecular formula is C25H28ClF3N5O5P. The van der Waals surface area contributed by atoms with Crippen LogP contribution in [-0.2, 0) is 26.2 Å². The van der Waals surface area contributed by atoms with Gasteiger partial charge in [-0.15, -0.1) is 0 Å². The third-order valence-corrected chi connectivity index (χ3v) is 7.77. The maximum absolute atomic E-state index is 13.6. The molecule has 0 spiro atoms. The standard InChI is InChI=1S/C25H28ClF3N5O5P/c1-4-37-13-20-32-21-22(18-7-5-6-8-19(18)31-23(21)30)34(20)24(3,35)14-38-40(36,33-15(2)25(27,28)29)39-17-11-9-16(26)10-12-17/h5-12,15,35H,4,13-14H2,1-3H3,(H2,30,31)(H,33,36)/t15-,24?,40?/m0/s1. The Morgan fingerprint density at radius 3 is 2.50 bits per heavy atom. The van der Waals surface area contributed by atoms with Crippen molar-refractivity contribution in [3.05, 3.63) is 59.4 Å². The van der Waals surface area contributed by atoms with Crippen molar-refractivity contribution >= 4 is 47.1 Å². The number of aromatic nitrogens is 3. The van der Waals surface area contributed by atoms with Crippen LogP contribution < -0.4 is 15.3 Å². The van der Waals surface area contributed by atoms with Crippen molar-refractivity contribution in [2.24, 2.45) is 0 Å². The Hall–Kier alpha value is -2.93. The molecule has 0 saturated carbocycles. The second kappa shape index (κ2) is 11.5. The lowest BCUT2D eigenvalue weighted by Gasteiger charge is -2.31. The molecule has 4 aromatic rings. The van der Waals surface area contributed by atoms with Crippen LogP contribution in [0.5, 0.6) is 5.75 Å². The highest BCUT2D eigenvalue weighted by Gasteiger charge is 2.44. The second-order valence-corrected chi connectivity index (χ2v) is 11.3. The van der Waals surface area contributed by atoms with Gasteiger partial charge in [0.05, 0.1) is 11.0 Å². The highest BCUT2D eigenvalue weighted by Crippen LogP contribution is 2.47. The number of imidazole rings is 1. The molecule has 0 radical (unpaired) electrons. The molecule has 0 aliphatic rings. The Balaban J connectivity index is 1.76. The fourth-order valence-electron chi connectivity index (χ4n) is 3.96. The number of ether oxygens (including phenoxy) is 1. The largest absolute Gasteiger partial charge is 0.459 e. The van der Waals surface area contributed by atoms with Gasteiger partial charge in [0.25, 0.3) is 0 Å². The number of aliphatic hydroxyl groups is 1. The average molecular weight is 602 g/mol. The minimum absolute atomic E-state index is 0.0443. The number of anilines is 1. The molecule has 0 saturated heterocycles. The number of nitrogens with one attached hydrogen (secondary N) is 1. The molecule has 2 aromatic carbocycles. The molecule has 15 heteroatoms. The van der Waals surface area contributed by atoms with E-state index in [9.17, 15) is 22.8 Å². The summed E-state index contributed by atoms with van der Waals surface area (Å²) in [7, 11) is -4.74. The van der Waals surface area contributed by atoms with Crippen molar-refractivity contribution in [1.82, 2.24) is 19.6 Å². The van der Waals surface area contributed by atoms with Gasteiger partial charge in [0.1, 0.15) is 36.3 Å². The van der Waals surface area contributed by atoms with E-state index in [1.54, 1.807) is 31.2 Å². The average Bonchev–Trinajstić information content (AvgIpc) is 3.29. The fraction of sp³-hybridized carbons (Fsp3) is 0.360. The van der Waals surface area contributed by atoms with Crippen LogP contribution in [0.2, 0.25) is 5.02 Å². The summed E-state index contributed by atoms with van der Waals surface area (Å²) in [6.07, 6.45) is -4.76. The van der Waals surface area contributed by atoms with Crippen LogP contribution in [0.15, 0.2) is 48.5 Å². The van der Waals surface area contributed by atoms with E-state index in [0.29, 0.717) is 28.0 Å². The van der Waals surface area contributed by atoms with E-state index in [-0.39, 0.29) is 29.5 Å². The Labute approximate surface area is 232 Å². The number of para-hydroxylation sites is 1. The number of halogens is 4. The van der Waals surface area contributed by atoms with Crippen molar-refractivity contribution in [3.8, 4) is 5.75 Å². The van der Waals surface area contributed by atoms with Gasteiger partial charge < -0.3 is 20.1 Å². The highest BCUT2D eigenvalue weighted by atomic mass is 35.5. The lowest BCUT2D eigenvalue weighted by molar-refractivity contribution is -0.148. The number of rotatable bonds is 11. The Morgan fingerprint density at radius 2 is 1.85 bits per heavy atom. The molecule has 4 N–H and O–H groups in total. The number of hydrogen-bond donors (Lipinski definition) is 3. The van der Waals surface area contributed by atoms with Gasteiger partial charge in [0.2, 0.25) is 0 Å². The van der Waals surface area contributed by atoms with Gasteiger partial charge >= 0.3 is 13.9 Å². The molecule has 2 heterocycles. The van der Waals surface area contributed by atoms with E-state index < -0.39 is 32.3 Å². The van der Waals surface area contributed by atoms with Gasteiger partial charge in [0.15, 0.2) is 11.5 Å². The lowest BCUT2D eigenvalue weighted by Crippen LogP contribution is -2.41. The highest BCUT2D eigenvalue weighted by molar-refractivity contribution is 7.52. The van der Waals surface area contributed by atoms with Gasteiger partial charge in [-0.2, -0.15) is 18.3 Å². The summed E-state index contributed by atoms with van der Waals surface area (Å²) in [6, 6.07) is 10.2. The van der Waals surface area contributed by atoms with Crippen molar-refractivity contribution < 1.29 is 36.6 Å². The summed E-state index contributed by atoms with van der Waals surface area (Å²) in [5.41, 5.74) is 5.33. The molecule has 0 aliphatic carbocycles. The van der Waals surface area contributed by atoms with Gasteiger partial charge in [-0.3, -0.25) is 9.09 Å². The minimum Gasteiger partial charge on any atom is -0.413 e. The number of nitrogens with zero attached hydrogens (tertiary/aromatic N) is 3. The predicted molar refractivity (Wildman–Crippen MR) is 145 cm³/mol. The topological polar surface area (TPSA) is 134 Å². The van der Waals surface area contributed by atoms with Crippen LogP contribution in [0.1, 0.15) is 26.6 Å². The zero-order chi connectivity index (χ0) is 29.3. The lowest BCUT2D eigenvalue weighted by atomic mass is 10.1. The third kappa shape index (κ3) is 6.51. The molecule has 0 aliphatic heterocycles. The zero-order valence-corrected chi connectivity index (χ0v) is 23.4. The summed E-state index contributed by atoms with van der Waals surface area (Å²) in [5.74, 6) is 0.268. The number of benzene rings is 2. The monoisotopic (exact) mass is 601 g/mol. The van der Waals surface area contributed by atoms with Crippen LogP contribution in [0.4, 0.5) is 19.0 Å². The third-order valence-electron chi connectivity index (χ3n) is 5.90. The molecule has 0 fully saturated rings. The van der Waals surface area contributed by atoms with Gasteiger partial charge in [0, 0.05) is 17.0 Å². The molecule has 3 atom stereocenters. The maximum Gasteiger partial charge on any atom is 0.459 e. The summed E-state index contributed by atoms with van der Waals surface area (Å²) in [5, 5.41) is 14.5. The Kier molecular flexibility index (Phi) is 8.65. The van der Waals surface area contributed by atoms with Gasteiger partial charge in [-0.05, 0) is 51.1 Å². The van der Waals surface area contributed by atoms with Crippen molar-refractivity contribution in [3.63, 3.8) is 0 Å². The molecule has 2 aromatic heterocycles. The number of alkyl halides is 3. The van der Waals surface area contributed by atoms with E-state index in [1.165, 1.54) is 35.8 Å². The molecule has 0 bridgehead atoms. The molecule has 4 rings (SSSR count). The van der Waals surface area contributed by atoms with Crippen LogP contribution in [0.25, 0.3) is 21.9 Å². The Morgan fingerprint density at radius 1 is 1.18 bits per heavy atom. The molecule has 2 unspecified atom stereocenters. The Bertz CT molecular complexity index is 1550. The summed E-state index contributed by atoms with van der Waals surface area (Å²) in [6.45, 7) is 3.38. The van der Waals surface area contributed by atoms with Crippen LogP contribution in [-0.4, -0.2) is 45.1 Å². The number of nitrogen functional groups attached to an aromatic ring is 1. The summed E-state index contributed by atoms with van der Waals surface area (Å²) in [4.78, 5) is 8.90. The molecule has 0 amide bonds. The quantitative estimate of drug-likeness (QED) is 0.183. The molecule has 216 valence electrons. The van der Waals surface area contributed by atoms with Gasteiger partial charge in [-0.1, -0.05) is 29.8 Å². The number of pyridine rings is 1. The van der Waals surface area contributed by atoms with Gasteiger partial charge in [-0.25, -0.2) is 14.5 Å². The fourth-order valence-corrected chi connectivity index (χ4v) is 5.70.